The van der Waals surface area contributed by atoms with Crippen LogP contribution in [0, 0.1) is 0 Å². The lowest BCUT2D eigenvalue weighted by atomic mass is 10.0. The summed E-state index contributed by atoms with van der Waals surface area (Å²) in [5.41, 5.74) is 3.38. The van der Waals surface area contributed by atoms with E-state index in [0.717, 1.165) is 22.3 Å². The van der Waals surface area contributed by atoms with Gasteiger partial charge in [-0.25, -0.2) is 4.79 Å². The van der Waals surface area contributed by atoms with E-state index in [1.54, 1.807) is 36.2 Å². The second kappa shape index (κ2) is 20.1. The number of nitrogens with zero attached hydrogens (tertiary/aromatic N) is 1. The van der Waals surface area contributed by atoms with Crippen molar-refractivity contribution in [3.8, 4) is 5.75 Å². The first-order valence-corrected chi connectivity index (χ1v) is 17.8. The summed E-state index contributed by atoms with van der Waals surface area (Å²) in [6.07, 6.45) is -0.463. The van der Waals surface area contributed by atoms with Gasteiger partial charge in [-0.3, -0.25) is 19.2 Å². The maximum atomic E-state index is 13.9. The molecule has 13 heteroatoms. The van der Waals surface area contributed by atoms with Crippen LogP contribution >= 0.6 is 0 Å². The molecule has 1 aliphatic rings. The molecule has 0 bridgehead atoms. The lowest BCUT2D eigenvalue weighted by Crippen LogP contribution is -2.58. The van der Waals surface area contributed by atoms with Crippen LogP contribution in [0.4, 0.5) is 4.79 Å². The van der Waals surface area contributed by atoms with E-state index in [4.69, 9.17) is 9.47 Å². The molecule has 1 heterocycles. The van der Waals surface area contributed by atoms with Gasteiger partial charge < -0.3 is 41.0 Å². The summed E-state index contributed by atoms with van der Waals surface area (Å²) in [6.45, 7) is 0.612. The van der Waals surface area contributed by atoms with E-state index in [1.165, 1.54) is 0 Å². The molecule has 282 valence electrons. The molecular weight excluding hydrogens is 688 g/mol. The van der Waals surface area contributed by atoms with Gasteiger partial charge in [0.25, 0.3) is 0 Å². The highest BCUT2D eigenvalue weighted by molar-refractivity contribution is 5.94. The molecule has 0 saturated carbocycles. The summed E-state index contributed by atoms with van der Waals surface area (Å²) in [5.74, 6) is -1.51. The van der Waals surface area contributed by atoms with Crippen molar-refractivity contribution in [3.63, 3.8) is 0 Å². The SMILES string of the molecule is CN1CCNC(=O)[C@H](Cc2ccccc2)NC(=O)CNC(=O)[C@H](NC(=O)[C@H](Cc2ccc(OCc3ccccc3)cc2)NC(=O)OCc2ccccc2)C1. The van der Waals surface area contributed by atoms with E-state index < -0.39 is 48.5 Å². The van der Waals surface area contributed by atoms with Gasteiger partial charge in [0.15, 0.2) is 0 Å². The second-order valence-corrected chi connectivity index (χ2v) is 13.0. The molecule has 0 unspecified atom stereocenters. The Morgan fingerprint density at radius 3 is 2.02 bits per heavy atom. The van der Waals surface area contributed by atoms with Crippen molar-refractivity contribution >= 4 is 29.7 Å². The molecule has 1 aliphatic heterocycles. The Morgan fingerprint density at radius 2 is 1.37 bits per heavy atom. The number of benzene rings is 4. The molecule has 4 aromatic carbocycles. The Hall–Kier alpha value is -6.21. The van der Waals surface area contributed by atoms with E-state index in [0.29, 0.717) is 18.9 Å². The predicted molar refractivity (Wildman–Crippen MR) is 202 cm³/mol. The fourth-order valence-corrected chi connectivity index (χ4v) is 5.77. The molecule has 0 radical (unpaired) electrons. The number of carbonyl (C=O) groups is 5. The molecule has 0 aliphatic carbocycles. The van der Waals surface area contributed by atoms with Crippen molar-refractivity contribution in [2.75, 3.05) is 33.2 Å². The summed E-state index contributed by atoms with van der Waals surface area (Å²) >= 11 is 0. The number of hydrogen-bond acceptors (Lipinski definition) is 8. The van der Waals surface area contributed by atoms with Crippen LogP contribution in [0.1, 0.15) is 22.3 Å². The summed E-state index contributed by atoms with van der Waals surface area (Å²) in [6, 6.07) is 32.3. The van der Waals surface area contributed by atoms with Gasteiger partial charge in [-0.15, -0.1) is 0 Å². The van der Waals surface area contributed by atoms with E-state index in [9.17, 15) is 24.0 Å². The van der Waals surface area contributed by atoms with Crippen LogP contribution in [0.25, 0.3) is 0 Å². The molecule has 5 rings (SSSR count). The highest BCUT2D eigenvalue weighted by Gasteiger charge is 2.30. The van der Waals surface area contributed by atoms with Gasteiger partial charge in [0, 0.05) is 32.5 Å². The zero-order valence-corrected chi connectivity index (χ0v) is 30.2. The standard InChI is InChI=1S/C41H46N6O7/c1-47-22-21-42-38(49)34(23-29-11-5-2-6-12-29)44-37(48)25-43-39(50)36(26-47)45-40(51)35(46-41(52)54-28-32-15-9-4-10-16-32)24-30-17-19-33(20-18-30)53-27-31-13-7-3-8-14-31/h2-20,34-36H,21-28H2,1H3,(H,42,49)(H,43,50)(H,44,48)(H,45,51)(H,46,52)/t34-,35-,36+/m0/s1. The summed E-state index contributed by atoms with van der Waals surface area (Å²) < 4.78 is 11.3. The Balaban J connectivity index is 1.26. The number of carbonyl (C=O) groups excluding carboxylic acids is 5. The molecule has 54 heavy (non-hydrogen) atoms. The van der Waals surface area contributed by atoms with E-state index in [1.807, 2.05) is 91.0 Å². The normalized spacial score (nSPS) is 17.5. The number of amides is 5. The monoisotopic (exact) mass is 734 g/mol. The molecule has 3 atom stereocenters. The third-order valence-electron chi connectivity index (χ3n) is 8.71. The first-order valence-electron chi connectivity index (χ1n) is 17.8. The Labute approximate surface area is 314 Å². The minimum Gasteiger partial charge on any atom is -0.489 e. The van der Waals surface area contributed by atoms with Crippen molar-refractivity contribution in [2.45, 2.75) is 44.2 Å². The van der Waals surface area contributed by atoms with Gasteiger partial charge in [-0.1, -0.05) is 103 Å². The van der Waals surface area contributed by atoms with E-state index >= 15 is 0 Å². The molecule has 0 spiro atoms. The summed E-state index contributed by atoms with van der Waals surface area (Å²) in [7, 11) is 1.75. The zero-order chi connectivity index (χ0) is 38.1. The van der Waals surface area contributed by atoms with Crippen LogP contribution in [-0.2, 0) is 50.0 Å². The van der Waals surface area contributed by atoms with Gasteiger partial charge in [0.2, 0.25) is 23.6 Å². The zero-order valence-electron chi connectivity index (χ0n) is 30.2. The Bertz CT molecular complexity index is 1830. The first kappa shape index (κ1) is 39.0. The number of likely N-dealkylation sites (N-methyl/N-ethyl adjacent to an activating group) is 1. The lowest BCUT2D eigenvalue weighted by molar-refractivity contribution is -0.132. The average molecular weight is 735 g/mol. The largest absolute Gasteiger partial charge is 0.489 e. The number of hydrogen-bond donors (Lipinski definition) is 5. The van der Waals surface area contributed by atoms with Gasteiger partial charge in [-0.05, 0) is 41.4 Å². The summed E-state index contributed by atoms with van der Waals surface area (Å²) in [4.78, 5) is 68.2. The minimum atomic E-state index is -1.13. The van der Waals surface area contributed by atoms with Crippen molar-refractivity contribution in [1.29, 1.82) is 0 Å². The Morgan fingerprint density at radius 1 is 0.759 bits per heavy atom. The molecule has 0 aromatic heterocycles. The number of alkyl carbamates (subject to hydrolysis) is 1. The average Bonchev–Trinajstić information content (AvgIpc) is 3.19. The molecule has 13 nitrogen and oxygen atoms in total. The van der Waals surface area contributed by atoms with Gasteiger partial charge >= 0.3 is 6.09 Å². The lowest BCUT2D eigenvalue weighted by Gasteiger charge is -2.26. The van der Waals surface area contributed by atoms with Crippen molar-refractivity contribution < 1.29 is 33.4 Å². The topological polar surface area (TPSA) is 167 Å². The van der Waals surface area contributed by atoms with Crippen molar-refractivity contribution in [3.05, 3.63) is 138 Å². The fraction of sp³-hybridized carbons (Fsp3) is 0.293. The van der Waals surface area contributed by atoms with Crippen molar-refractivity contribution in [2.24, 2.45) is 0 Å². The number of nitrogens with one attached hydrogen (secondary N) is 5. The quantitative estimate of drug-likeness (QED) is 0.148. The van der Waals surface area contributed by atoms with Crippen LogP contribution in [0.2, 0.25) is 0 Å². The maximum Gasteiger partial charge on any atom is 0.408 e. The highest BCUT2D eigenvalue weighted by Crippen LogP contribution is 2.16. The maximum absolute atomic E-state index is 13.9. The Kier molecular flexibility index (Phi) is 14.6. The third kappa shape index (κ3) is 12.8. The van der Waals surface area contributed by atoms with Gasteiger partial charge in [0.05, 0.1) is 6.54 Å². The minimum absolute atomic E-state index is 0.00486. The smallest absolute Gasteiger partial charge is 0.408 e. The van der Waals surface area contributed by atoms with E-state index in [2.05, 4.69) is 26.6 Å². The summed E-state index contributed by atoms with van der Waals surface area (Å²) in [5, 5.41) is 13.6. The third-order valence-corrected chi connectivity index (χ3v) is 8.71. The highest BCUT2D eigenvalue weighted by atomic mass is 16.5. The van der Waals surface area contributed by atoms with E-state index in [-0.39, 0.29) is 38.4 Å². The number of rotatable bonds is 12. The van der Waals surface area contributed by atoms with Crippen LogP contribution in [0.15, 0.2) is 115 Å². The predicted octanol–water partition coefficient (Wildman–Crippen LogP) is 2.49. The molecule has 5 amide bonds. The second-order valence-electron chi connectivity index (χ2n) is 13.0. The molecule has 5 N–H and O–H groups in total. The first-order chi connectivity index (χ1) is 26.2. The molecule has 1 fully saturated rings. The van der Waals surface area contributed by atoms with Crippen LogP contribution in [0.3, 0.4) is 0 Å². The van der Waals surface area contributed by atoms with Crippen LogP contribution in [-0.4, -0.2) is 86.0 Å². The fourth-order valence-electron chi connectivity index (χ4n) is 5.77. The van der Waals surface area contributed by atoms with Crippen LogP contribution in [0.5, 0.6) is 5.75 Å². The molecular formula is C41H46N6O7. The molecule has 1 saturated heterocycles. The molecule has 4 aromatic rings. The van der Waals surface area contributed by atoms with Crippen LogP contribution < -0.4 is 31.3 Å². The van der Waals surface area contributed by atoms with Gasteiger partial charge in [0.1, 0.15) is 37.1 Å². The number of ether oxygens (including phenoxy) is 2. The van der Waals surface area contributed by atoms with Gasteiger partial charge in [-0.2, -0.15) is 0 Å². The van der Waals surface area contributed by atoms with Crippen molar-refractivity contribution in [1.82, 2.24) is 31.5 Å².